The zero-order chi connectivity index (χ0) is 32.3. The summed E-state index contributed by atoms with van der Waals surface area (Å²) in [7, 11) is 0. The van der Waals surface area contributed by atoms with Gasteiger partial charge in [0.1, 0.15) is 0 Å². The monoisotopic (exact) mass is 640 g/mol. The molecule has 0 saturated carbocycles. The van der Waals surface area contributed by atoms with Crippen LogP contribution in [0.1, 0.15) is 0 Å². The van der Waals surface area contributed by atoms with Crippen LogP contribution < -0.4 is 0 Å². The Bertz CT molecular complexity index is 2850. The molecule has 0 N–H and O–H groups in total. The molecule has 49 heavy (non-hydrogen) atoms. The zero-order valence-electron chi connectivity index (χ0n) is 26.5. The van der Waals surface area contributed by atoms with Crippen LogP contribution in [0.2, 0.25) is 0 Å². The maximum Gasteiger partial charge on any atom is 0.159 e. The Hall–Kier alpha value is -6.16. The van der Waals surface area contributed by atoms with Gasteiger partial charge >= 0.3 is 0 Å². The Balaban J connectivity index is 1.14. The lowest BCUT2D eigenvalue weighted by Crippen LogP contribution is -1.94. The van der Waals surface area contributed by atoms with E-state index in [0.717, 1.165) is 49.9 Å². The molecule has 0 aliphatic heterocycles. The van der Waals surface area contributed by atoms with Gasteiger partial charge in [0, 0.05) is 42.7 Å². The van der Waals surface area contributed by atoms with Crippen LogP contribution in [0.5, 0.6) is 0 Å². The van der Waals surface area contributed by atoms with Crippen molar-refractivity contribution in [3.63, 3.8) is 0 Å². The number of benzene rings is 8. The van der Waals surface area contributed by atoms with Crippen LogP contribution in [-0.4, -0.2) is 9.97 Å². The summed E-state index contributed by atoms with van der Waals surface area (Å²) in [5, 5.41) is 8.46. The molecule has 0 atom stereocenters. The number of rotatable bonds is 4. The van der Waals surface area contributed by atoms with Crippen LogP contribution in [0.25, 0.3) is 97.4 Å². The van der Waals surface area contributed by atoms with Gasteiger partial charge in [0.15, 0.2) is 5.82 Å². The van der Waals surface area contributed by atoms with Crippen molar-refractivity contribution in [3.05, 3.63) is 170 Å². The molecule has 3 heteroatoms. The lowest BCUT2D eigenvalue weighted by Gasteiger charge is -2.13. The topological polar surface area (TPSA) is 25.8 Å². The van der Waals surface area contributed by atoms with Gasteiger partial charge in [-0.2, -0.15) is 0 Å². The van der Waals surface area contributed by atoms with Crippen molar-refractivity contribution in [2.24, 2.45) is 0 Å². The molecule has 0 saturated heterocycles. The minimum atomic E-state index is 0.721. The minimum absolute atomic E-state index is 0.721. The van der Waals surface area contributed by atoms with Crippen molar-refractivity contribution in [2.75, 3.05) is 0 Å². The van der Waals surface area contributed by atoms with Crippen LogP contribution in [0.4, 0.5) is 0 Å². The van der Waals surface area contributed by atoms with Crippen molar-refractivity contribution in [1.82, 2.24) is 9.97 Å². The lowest BCUT2D eigenvalue weighted by molar-refractivity contribution is 1.23. The van der Waals surface area contributed by atoms with Gasteiger partial charge in [0.2, 0.25) is 0 Å². The summed E-state index contributed by atoms with van der Waals surface area (Å²) in [5.41, 5.74) is 8.98. The van der Waals surface area contributed by atoms with Crippen LogP contribution in [0, 0.1) is 0 Å². The second kappa shape index (κ2) is 11.2. The van der Waals surface area contributed by atoms with E-state index in [4.69, 9.17) is 9.97 Å². The molecular formula is C46H28N2S. The summed E-state index contributed by atoms with van der Waals surface area (Å²) in [5.74, 6) is 0.721. The van der Waals surface area contributed by atoms with Gasteiger partial charge in [-0.05, 0) is 85.9 Å². The molecule has 8 aromatic carbocycles. The Morgan fingerprint density at radius 2 is 0.857 bits per heavy atom. The predicted octanol–water partition coefficient (Wildman–Crippen LogP) is 13.0. The summed E-state index contributed by atoms with van der Waals surface area (Å²) in [4.78, 5) is 10.3. The standard InChI is InChI=1S/C46H28N2S/c1-2-11-29(12-3-1)33-24-34(31-14-10-13-30(23-31)32-21-22-40-39-18-8-9-20-43(39)49-44(40)27-32)26-35(25-33)46-47-28-42-38-17-5-4-15-36(38)37-16-6-7-19-41(37)45(42)48-46/h1-28H. The van der Waals surface area contributed by atoms with Crippen molar-refractivity contribution in [2.45, 2.75) is 0 Å². The highest BCUT2D eigenvalue weighted by Crippen LogP contribution is 2.39. The molecule has 2 heterocycles. The Labute approximate surface area is 287 Å². The molecule has 2 nitrogen and oxygen atoms in total. The first-order chi connectivity index (χ1) is 24.3. The van der Waals surface area contributed by atoms with Crippen LogP contribution in [0.3, 0.4) is 0 Å². The average Bonchev–Trinajstić information content (AvgIpc) is 3.56. The number of thiophene rings is 1. The third-order valence-corrected chi connectivity index (χ3v) is 10.8. The van der Waals surface area contributed by atoms with Gasteiger partial charge in [0.25, 0.3) is 0 Å². The normalized spacial score (nSPS) is 11.7. The smallest absolute Gasteiger partial charge is 0.159 e. The maximum atomic E-state index is 5.30. The molecule has 10 aromatic rings. The van der Waals surface area contributed by atoms with Crippen LogP contribution in [0.15, 0.2) is 170 Å². The van der Waals surface area contributed by atoms with Crippen molar-refractivity contribution >= 4 is 64.0 Å². The summed E-state index contributed by atoms with van der Waals surface area (Å²) >= 11 is 1.86. The van der Waals surface area contributed by atoms with Gasteiger partial charge in [-0.1, -0.05) is 127 Å². The van der Waals surface area contributed by atoms with Gasteiger partial charge in [-0.15, -0.1) is 11.3 Å². The summed E-state index contributed by atoms with van der Waals surface area (Å²) < 4.78 is 2.64. The second-order valence-corrected chi connectivity index (χ2v) is 13.7. The first kappa shape index (κ1) is 27.9. The molecule has 0 amide bonds. The SMILES string of the molecule is c1ccc(-c2cc(-c3cccc(-c4ccc5c(c4)sc4ccccc45)c3)cc(-c3ncc4c5ccccc5c5ccccc5c4n3)c2)cc1. The van der Waals surface area contributed by atoms with E-state index >= 15 is 0 Å². The Kier molecular flexibility index (Phi) is 6.39. The summed E-state index contributed by atoms with van der Waals surface area (Å²) in [6.45, 7) is 0. The van der Waals surface area contributed by atoms with Gasteiger partial charge in [-0.3, -0.25) is 0 Å². The van der Waals surface area contributed by atoms with Crippen molar-refractivity contribution in [3.8, 4) is 44.8 Å². The molecule has 2 aromatic heterocycles. The van der Waals surface area contributed by atoms with E-state index < -0.39 is 0 Å². The second-order valence-electron chi connectivity index (χ2n) is 12.6. The highest BCUT2D eigenvalue weighted by atomic mass is 32.1. The number of hydrogen-bond donors (Lipinski definition) is 0. The van der Waals surface area contributed by atoms with E-state index in [1.807, 2.05) is 17.5 Å². The fourth-order valence-electron chi connectivity index (χ4n) is 7.31. The van der Waals surface area contributed by atoms with Gasteiger partial charge in [0.05, 0.1) is 5.52 Å². The van der Waals surface area contributed by atoms with E-state index in [9.17, 15) is 0 Å². The third kappa shape index (κ3) is 4.70. The van der Waals surface area contributed by atoms with E-state index in [2.05, 4.69) is 164 Å². The summed E-state index contributed by atoms with van der Waals surface area (Å²) in [6, 6.07) is 58.9. The molecule has 0 bridgehead atoms. The molecule has 0 radical (unpaired) electrons. The molecule has 0 aliphatic carbocycles. The average molecular weight is 641 g/mol. The van der Waals surface area contributed by atoms with E-state index in [1.165, 1.54) is 47.5 Å². The number of nitrogens with zero attached hydrogens (tertiary/aromatic N) is 2. The van der Waals surface area contributed by atoms with Crippen molar-refractivity contribution in [1.29, 1.82) is 0 Å². The Morgan fingerprint density at radius 1 is 0.327 bits per heavy atom. The highest BCUT2D eigenvalue weighted by Gasteiger charge is 2.15. The zero-order valence-corrected chi connectivity index (χ0v) is 27.3. The maximum absolute atomic E-state index is 5.30. The highest BCUT2D eigenvalue weighted by molar-refractivity contribution is 7.25. The number of fused-ring (bicyclic) bond motifs is 9. The third-order valence-electron chi connectivity index (χ3n) is 9.68. The molecular weight excluding hydrogens is 613 g/mol. The lowest BCUT2D eigenvalue weighted by atomic mass is 9.93. The molecule has 0 spiro atoms. The number of hydrogen-bond acceptors (Lipinski definition) is 3. The summed E-state index contributed by atoms with van der Waals surface area (Å²) in [6.07, 6.45) is 2.01. The van der Waals surface area contributed by atoms with Crippen LogP contribution >= 0.6 is 11.3 Å². The van der Waals surface area contributed by atoms with E-state index in [-0.39, 0.29) is 0 Å². The van der Waals surface area contributed by atoms with E-state index in [1.54, 1.807) is 0 Å². The largest absolute Gasteiger partial charge is 0.236 e. The van der Waals surface area contributed by atoms with Gasteiger partial charge in [-0.25, -0.2) is 9.97 Å². The molecule has 0 aliphatic rings. The molecule has 0 fully saturated rings. The van der Waals surface area contributed by atoms with Gasteiger partial charge < -0.3 is 0 Å². The minimum Gasteiger partial charge on any atom is -0.236 e. The first-order valence-electron chi connectivity index (χ1n) is 16.6. The fraction of sp³-hybridized carbons (Fsp3) is 0. The van der Waals surface area contributed by atoms with E-state index in [0.29, 0.717) is 0 Å². The quantitative estimate of drug-likeness (QED) is 0.179. The van der Waals surface area contributed by atoms with Crippen LogP contribution in [-0.2, 0) is 0 Å². The Morgan fingerprint density at radius 3 is 1.65 bits per heavy atom. The number of aromatic nitrogens is 2. The first-order valence-corrected chi connectivity index (χ1v) is 17.4. The molecule has 228 valence electrons. The van der Waals surface area contributed by atoms with Crippen molar-refractivity contribution < 1.29 is 0 Å². The molecule has 0 unspecified atom stereocenters. The fourth-order valence-corrected chi connectivity index (χ4v) is 8.45. The predicted molar refractivity (Wildman–Crippen MR) is 209 cm³/mol. The molecule has 10 rings (SSSR count).